The predicted molar refractivity (Wildman–Crippen MR) is 71.4 cm³/mol. The monoisotopic (exact) mass is 266 g/mol. The summed E-state index contributed by atoms with van der Waals surface area (Å²) in [4.78, 5) is 19.0. The summed E-state index contributed by atoms with van der Waals surface area (Å²) in [5, 5.41) is 19.8. The van der Waals surface area contributed by atoms with Crippen LogP contribution in [0.5, 0.6) is 0 Å². The lowest BCUT2D eigenvalue weighted by molar-refractivity contribution is -0.385. The number of aryl methyl sites for hydroxylation is 1. The summed E-state index contributed by atoms with van der Waals surface area (Å²) >= 11 is 0. The maximum Gasteiger partial charge on any atom is 0.277 e. The Hall–Kier alpha value is -1.73. The maximum atomic E-state index is 10.9. The minimum Gasteiger partial charge on any atom is -0.395 e. The summed E-state index contributed by atoms with van der Waals surface area (Å²) in [7, 11) is 0. The van der Waals surface area contributed by atoms with E-state index in [1.807, 2.05) is 4.90 Å². The van der Waals surface area contributed by atoms with Crippen molar-refractivity contribution >= 4 is 11.5 Å². The average Bonchev–Trinajstić information content (AvgIpc) is 2.40. The molecular formula is C12H18N4O3. The van der Waals surface area contributed by atoms with E-state index < -0.39 is 0 Å². The first-order valence-electron chi connectivity index (χ1n) is 6.31. The zero-order valence-corrected chi connectivity index (χ0v) is 10.9. The van der Waals surface area contributed by atoms with Gasteiger partial charge in [0, 0.05) is 44.5 Å². The van der Waals surface area contributed by atoms with Crippen LogP contribution in [0.25, 0.3) is 0 Å². The van der Waals surface area contributed by atoms with Crippen molar-refractivity contribution in [1.29, 1.82) is 0 Å². The van der Waals surface area contributed by atoms with E-state index in [0.717, 1.165) is 26.2 Å². The predicted octanol–water partition coefficient (Wildman–Crippen LogP) is 0.413. The minimum atomic E-state index is -0.372. The topological polar surface area (TPSA) is 82.7 Å². The van der Waals surface area contributed by atoms with Crippen LogP contribution in [0.4, 0.5) is 11.5 Å². The van der Waals surface area contributed by atoms with E-state index >= 15 is 0 Å². The molecule has 1 aromatic heterocycles. The highest BCUT2D eigenvalue weighted by molar-refractivity contribution is 5.50. The molecule has 0 amide bonds. The van der Waals surface area contributed by atoms with Crippen molar-refractivity contribution in [3.63, 3.8) is 0 Å². The second-order valence-electron chi connectivity index (χ2n) is 4.64. The molecule has 1 aromatic rings. The summed E-state index contributed by atoms with van der Waals surface area (Å²) < 4.78 is 0. The smallest absolute Gasteiger partial charge is 0.277 e. The minimum absolute atomic E-state index is 0.114. The molecule has 1 fully saturated rings. The number of aliphatic hydroxyl groups is 1. The van der Waals surface area contributed by atoms with Gasteiger partial charge >= 0.3 is 0 Å². The van der Waals surface area contributed by atoms with Crippen LogP contribution in [-0.2, 0) is 0 Å². The third-order valence-electron chi connectivity index (χ3n) is 3.37. The van der Waals surface area contributed by atoms with Gasteiger partial charge in [0.25, 0.3) is 5.69 Å². The molecule has 19 heavy (non-hydrogen) atoms. The van der Waals surface area contributed by atoms with E-state index in [1.165, 1.54) is 6.07 Å². The van der Waals surface area contributed by atoms with Gasteiger partial charge < -0.3 is 10.0 Å². The Morgan fingerprint density at radius 1 is 1.42 bits per heavy atom. The zero-order valence-electron chi connectivity index (χ0n) is 10.9. The number of nitro groups is 1. The van der Waals surface area contributed by atoms with Crippen LogP contribution in [0, 0.1) is 17.0 Å². The molecule has 104 valence electrons. The van der Waals surface area contributed by atoms with E-state index in [9.17, 15) is 10.1 Å². The molecule has 0 aromatic carbocycles. The van der Waals surface area contributed by atoms with E-state index in [2.05, 4.69) is 9.88 Å². The number of hydrogen-bond donors (Lipinski definition) is 1. The number of rotatable bonds is 4. The highest BCUT2D eigenvalue weighted by atomic mass is 16.6. The number of pyridine rings is 1. The van der Waals surface area contributed by atoms with Gasteiger partial charge in [-0.2, -0.15) is 0 Å². The lowest BCUT2D eigenvalue weighted by Crippen LogP contribution is -2.47. The maximum absolute atomic E-state index is 10.9. The Morgan fingerprint density at radius 3 is 2.68 bits per heavy atom. The van der Waals surface area contributed by atoms with E-state index in [1.54, 1.807) is 13.1 Å². The zero-order chi connectivity index (χ0) is 13.8. The fraction of sp³-hybridized carbons (Fsp3) is 0.583. The summed E-state index contributed by atoms with van der Waals surface area (Å²) in [6.45, 7) is 5.74. The molecule has 2 rings (SSSR count). The van der Waals surface area contributed by atoms with Crippen molar-refractivity contribution in [2.24, 2.45) is 0 Å². The van der Waals surface area contributed by atoms with Crippen LogP contribution in [0.15, 0.2) is 12.3 Å². The SMILES string of the molecule is Cc1cnc(N2CCN(CCO)CC2)cc1[N+](=O)[O-]. The summed E-state index contributed by atoms with van der Waals surface area (Å²) in [6, 6.07) is 1.54. The molecule has 7 nitrogen and oxygen atoms in total. The number of nitrogens with zero attached hydrogens (tertiary/aromatic N) is 4. The van der Waals surface area contributed by atoms with Crippen LogP contribution in [0.1, 0.15) is 5.56 Å². The number of aromatic nitrogens is 1. The van der Waals surface area contributed by atoms with Crippen molar-refractivity contribution in [2.75, 3.05) is 44.2 Å². The summed E-state index contributed by atoms with van der Waals surface area (Å²) in [5.74, 6) is 0.654. The number of β-amino-alcohol motifs (C(OH)–C–C–N with tert-alkyl or cyclic N) is 1. The van der Waals surface area contributed by atoms with Crippen molar-refractivity contribution < 1.29 is 10.0 Å². The lowest BCUT2D eigenvalue weighted by Gasteiger charge is -2.34. The third-order valence-corrected chi connectivity index (χ3v) is 3.37. The molecule has 2 heterocycles. The molecule has 7 heteroatoms. The molecule has 1 N–H and O–H groups in total. The summed E-state index contributed by atoms with van der Waals surface area (Å²) in [5.41, 5.74) is 0.690. The van der Waals surface area contributed by atoms with Crippen LogP contribution >= 0.6 is 0 Å². The van der Waals surface area contributed by atoms with Gasteiger partial charge in [-0.15, -0.1) is 0 Å². The Balaban J connectivity index is 2.07. The lowest BCUT2D eigenvalue weighted by atomic mass is 10.2. The summed E-state index contributed by atoms with van der Waals surface area (Å²) in [6.07, 6.45) is 1.55. The molecule has 0 bridgehead atoms. The number of aliphatic hydroxyl groups excluding tert-OH is 1. The fourth-order valence-electron chi connectivity index (χ4n) is 2.21. The van der Waals surface area contributed by atoms with Gasteiger partial charge in [0.2, 0.25) is 0 Å². The normalized spacial score (nSPS) is 16.6. The number of piperazine rings is 1. The Kier molecular flexibility index (Phi) is 4.28. The molecular weight excluding hydrogens is 248 g/mol. The highest BCUT2D eigenvalue weighted by Crippen LogP contribution is 2.23. The van der Waals surface area contributed by atoms with Gasteiger partial charge in [-0.05, 0) is 6.92 Å². The Morgan fingerprint density at radius 2 is 2.11 bits per heavy atom. The Labute approximate surface area is 111 Å². The molecule has 1 aliphatic rings. The first kappa shape index (κ1) is 13.7. The molecule has 0 aliphatic carbocycles. The Bertz CT molecular complexity index is 458. The van der Waals surface area contributed by atoms with Crippen LogP contribution in [0.3, 0.4) is 0 Å². The van der Waals surface area contributed by atoms with E-state index in [0.29, 0.717) is 17.9 Å². The largest absolute Gasteiger partial charge is 0.395 e. The van der Waals surface area contributed by atoms with Gasteiger partial charge in [0.05, 0.1) is 17.6 Å². The molecule has 0 radical (unpaired) electrons. The standard InChI is InChI=1S/C12H18N4O3/c1-10-9-13-12(8-11(10)16(18)19)15-4-2-14(3-5-15)6-7-17/h8-9,17H,2-7H2,1H3. The van der Waals surface area contributed by atoms with Crippen LogP contribution in [0.2, 0.25) is 0 Å². The average molecular weight is 266 g/mol. The first-order valence-corrected chi connectivity index (χ1v) is 6.31. The second kappa shape index (κ2) is 5.94. The second-order valence-corrected chi connectivity index (χ2v) is 4.64. The van der Waals surface area contributed by atoms with Gasteiger partial charge in [0.1, 0.15) is 5.82 Å². The van der Waals surface area contributed by atoms with Crippen LogP contribution in [-0.4, -0.2) is 59.2 Å². The van der Waals surface area contributed by atoms with Crippen molar-refractivity contribution in [2.45, 2.75) is 6.92 Å². The van der Waals surface area contributed by atoms with Gasteiger partial charge in [-0.1, -0.05) is 0 Å². The molecule has 0 spiro atoms. The van der Waals surface area contributed by atoms with E-state index in [4.69, 9.17) is 5.11 Å². The number of hydrogen-bond acceptors (Lipinski definition) is 6. The van der Waals surface area contributed by atoms with Gasteiger partial charge in [-0.25, -0.2) is 4.98 Å². The van der Waals surface area contributed by atoms with Crippen molar-refractivity contribution in [3.05, 3.63) is 27.9 Å². The van der Waals surface area contributed by atoms with E-state index in [-0.39, 0.29) is 17.2 Å². The highest BCUT2D eigenvalue weighted by Gasteiger charge is 2.20. The fourth-order valence-corrected chi connectivity index (χ4v) is 2.21. The quantitative estimate of drug-likeness (QED) is 0.628. The van der Waals surface area contributed by atoms with Crippen LogP contribution < -0.4 is 4.90 Å². The molecule has 1 aliphatic heterocycles. The first-order chi connectivity index (χ1) is 9.11. The number of anilines is 1. The molecule has 0 unspecified atom stereocenters. The molecule has 0 saturated carbocycles. The van der Waals surface area contributed by atoms with Crippen molar-refractivity contribution in [1.82, 2.24) is 9.88 Å². The third kappa shape index (κ3) is 3.18. The molecule has 0 atom stereocenters. The van der Waals surface area contributed by atoms with Crippen molar-refractivity contribution in [3.8, 4) is 0 Å². The van der Waals surface area contributed by atoms with Gasteiger partial charge in [-0.3, -0.25) is 15.0 Å². The molecule has 1 saturated heterocycles. The van der Waals surface area contributed by atoms with Gasteiger partial charge in [0.15, 0.2) is 0 Å².